The molecule has 0 unspecified atom stereocenters. The highest BCUT2D eigenvalue weighted by atomic mass is 16.1. The van der Waals surface area contributed by atoms with Crippen molar-refractivity contribution in [1.82, 2.24) is 10.6 Å². The van der Waals surface area contributed by atoms with Gasteiger partial charge in [0.05, 0.1) is 12.6 Å². The highest BCUT2D eigenvalue weighted by Crippen LogP contribution is 2.22. The van der Waals surface area contributed by atoms with Gasteiger partial charge in [-0.15, -0.1) is 0 Å². The maximum atomic E-state index is 12.1. The molecule has 0 saturated heterocycles. The molecule has 0 heterocycles. The van der Waals surface area contributed by atoms with Crippen LogP contribution in [0.2, 0.25) is 0 Å². The molecular formula is C21H28N2O. The minimum absolute atomic E-state index is 0.0163. The molecule has 128 valence electrons. The van der Waals surface area contributed by atoms with Gasteiger partial charge in [0.25, 0.3) is 0 Å². The second-order valence-corrected chi connectivity index (χ2v) is 6.67. The van der Waals surface area contributed by atoms with Crippen LogP contribution in [0.25, 0.3) is 0 Å². The number of hydrogen-bond acceptors (Lipinski definition) is 2. The van der Waals surface area contributed by atoms with Crippen LogP contribution in [0.3, 0.4) is 0 Å². The zero-order valence-corrected chi connectivity index (χ0v) is 14.9. The molecule has 0 aliphatic rings. The van der Waals surface area contributed by atoms with E-state index in [1.807, 2.05) is 18.2 Å². The van der Waals surface area contributed by atoms with E-state index in [0.29, 0.717) is 12.5 Å². The van der Waals surface area contributed by atoms with Gasteiger partial charge in [-0.1, -0.05) is 74.0 Å². The highest BCUT2D eigenvalue weighted by molar-refractivity contribution is 5.78. The van der Waals surface area contributed by atoms with Gasteiger partial charge in [0.2, 0.25) is 5.91 Å². The SMILES string of the molecule is Cc1ccc([C@H](NCC(=O)NCCC(C)C)c2ccccc2)cc1. The maximum absolute atomic E-state index is 12.1. The van der Waals surface area contributed by atoms with Crippen LogP contribution in [-0.4, -0.2) is 19.0 Å². The summed E-state index contributed by atoms with van der Waals surface area (Å²) in [6, 6.07) is 18.7. The number of benzene rings is 2. The van der Waals surface area contributed by atoms with Crippen molar-refractivity contribution in [3.05, 3.63) is 71.3 Å². The average molecular weight is 324 g/mol. The first-order chi connectivity index (χ1) is 11.6. The molecule has 0 aliphatic carbocycles. The second-order valence-electron chi connectivity index (χ2n) is 6.67. The third-order valence-electron chi connectivity index (χ3n) is 4.05. The van der Waals surface area contributed by atoms with Gasteiger partial charge >= 0.3 is 0 Å². The number of carbonyl (C=O) groups excluding carboxylic acids is 1. The van der Waals surface area contributed by atoms with Crippen molar-refractivity contribution < 1.29 is 4.79 Å². The molecule has 2 aromatic rings. The normalized spacial score (nSPS) is 12.2. The molecular weight excluding hydrogens is 296 g/mol. The van der Waals surface area contributed by atoms with Crippen LogP contribution in [0.15, 0.2) is 54.6 Å². The van der Waals surface area contributed by atoms with Crippen molar-refractivity contribution in [3.8, 4) is 0 Å². The summed E-state index contributed by atoms with van der Waals surface area (Å²) in [5, 5.41) is 6.38. The lowest BCUT2D eigenvalue weighted by Gasteiger charge is -2.20. The third-order valence-corrected chi connectivity index (χ3v) is 4.05. The average Bonchev–Trinajstić information content (AvgIpc) is 2.57. The Hall–Kier alpha value is -2.13. The molecule has 0 aliphatic heterocycles. The topological polar surface area (TPSA) is 41.1 Å². The van der Waals surface area contributed by atoms with Crippen LogP contribution >= 0.6 is 0 Å². The Morgan fingerprint density at radius 1 is 0.958 bits per heavy atom. The van der Waals surface area contributed by atoms with E-state index in [1.165, 1.54) is 11.1 Å². The van der Waals surface area contributed by atoms with E-state index in [4.69, 9.17) is 0 Å². The van der Waals surface area contributed by atoms with E-state index in [0.717, 1.165) is 18.5 Å². The molecule has 3 heteroatoms. The predicted molar refractivity (Wildman–Crippen MR) is 99.9 cm³/mol. The summed E-state index contributed by atoms with van der Waals surface area (Å²) in [4.78, 5) is 12.1. The molecule has 24 heavy (non-hydrogen) atoms. The Morgan fingerprint density at radius 2 is 1.58 bits per heavy atom. The number of aryl methyl sites for hydroxylation is 1. The summed E-state index contributed by atoms with van der Waals surface area (Å²) >= 11 is 0. The molecule has 0 spiro atoms. The third kappa shape index (κ3) is 5.82. The molecule has 2 aromatic carbocycles. The molecule has 0 bridgehead atoms. The molecule has 1 amide bonds. The molecule has 3 nitrogen and oxygen atoms in total. The Bertz CT molecular complexity index is 620. The van der Waals surface area contributed by atoms with Crippen molar-refractivity contribution in [2.45, 2.75) is 33.2 Å². The summed E-state index contributed by atoms with van der Waals surface area (Å²) in [6.45, 7) is 7.45. The molecule has 0 saturated carbocycles. The fourth-order valence-electron chi connectivity index (χ4n) is 2.59. The van der Waals surface area contributed by atoms with E-state index in [9.17, 15) is 4.79 Å². The van der Waals surface area contributed by atoms with E-state index < -0.39 is 0 Å². The van der Waals surface area contributed by atoms with Crippen molar-refractivity contribution >= 4 is 5.91 Å². The summed E-state index contributed by atoms with van der Waals surface area (Å²) in [7, 11) is 0. The zero-order chi connectivity index (χ0) is 17.4. The van der Waals surface area contributed by atoms with Gasteiger partial charge in [0.15, 0.2) is 0 Å². The molecule has 1 atom stereocenters. The fraction of sp³-hybridized carbons (Fsp3) is 0.381. The fourth-order valence-corrected chi connectivity index (χ4v) is 2.59. The van der Waals surface area contributed by atoms with Gasteiger partial charge in [-0.2, -0.15) is 0 Å². The van der Waals surface area contributed by atoms with E-state index >= 15 is 0 Å². The van der Waals surface area contributed by atoms with Crippen molar-refractivity contribution in [2.24, 2.45) is 5.92 Å². The Kier molecular flexibility index (Phi) is 7.01. The quantitative estimate of drug-likeness (QED) is 0.775. The molecule has 2 rings (SSSR count). The molecule has 2 N–H and O–H groups in total. The lowest BCUT2D eigenvalue weighted by Crippen LogP contribution is -2.36. The van der Waals surface area contributed by atoms with Crippen LogP contribution < -0.4 is 10.6 Å². The second kappa shape index (κ2) is 9.24. The van der Waals surface area contributed by atoms with Crippen molar-refractivity contribution in [1.29, 1.82) is 0 Å². The monoisotopic (exact) mass is 324 g/mol. The Balaban J connectivity index is 2.02. The van der Waals surface area contributed by atoms with Gasteiger partial charge in [-0.25, -0.2) is 0 Å². The molecule has 0 radical (unpaired) electrons. The lowest BCUT2D eigenvalue weighted by atomic mass is 9.98. The van der Waals surface area contributed by atoms with Crippen LogP contribution in [0.1, 0.15) is 43.0 Å². The summed E-state index contributed by atoms with van der Waals surface area (Å²) in [5.41, 5.74) is 3.56. The highest BCUT2D eigenvalue weighted by Gasteiger charge is 2.14. The Morgan fingerprint density at radius 3 is 2.21 bits per heavy atom. The van der Waals surface area contributed by atoms with E-state index in [1.54, 1.807) is 0 Å². The minimum Gasteiger partial charge on any atom is -0.355 e. The van der Waals surface area contributed by atoms with Crippen LogP contribution in [0.5, 0.6) is 0 Å². The van der Waals surface area contributed by atoms with Gasteiger partial charge in [-0.05, 0) is 30.4 Å². The van der Waals surface area contributed by atoms with Gasteiger partial charge < -0.3 is 5.32 Å². The first kappa shape index (κ1) is 18.2. The zero-order valence-electron chi connectivity index (χ0n) is 14.9. The van der Waals surface area contributed by atoms with Crippen molar-refractivity contribution in [3.63, 3.8) is 0 Å². The molecule has 0 fully saturated rings. The Labute approximate surface area is 145 Å². The summed E-state index contributed by atoms with van der Waals surface area (Å²) in [6.07, 6.45) is 1.01. The van der Waals surface area contributed by atoms with E-state index in [2.05, 4.69) is 67.8 Å². The van der Waals surface area contributed by atoms with Crippen LogP contribution in [-0.2, 0) is 4.79 Å². The smallest absolute Gasteiger partial charge is 0.233 e. The predicted octanol–water partition coefficient (Wildman–Crippen LogP) is 3.84. The van der Waals surface area contributed by atoms with Gasteiger partial charge in [0, 0.05) is 6.54 Å². The lowest BCUT2D eigenvalue weighted by molar-refractivity contribution is -0.120. The number of rotatable bonds is 8. The first-order valence-electron chi connectivity index (χ1n) is 8.68. The van der Waals surface area contributed by atoms with Crippen LogP contribution in [0, 0.1) is 12.8 Å². The van der Waals surface area contributed by atoms with Crippen molar-refractivity contribution in [2.75, 3.05) is 13.1 Å². The number of hydrogen-bond donors (Lipinski definition) is 2. The summed E-state index contributed by atoms with van der Waals surface area (Å²) < 4.78 is 0. The number of nitrogens with one attached hydrogen (secondary N) is 2. The van der Waals surface area contributed by atoms with Crippen LogP contribution in [0.4, 0.5) is 0 Å². The standard InChI is InChI=1S/C21H28N2O/c1-16(2)13-14-22-20(24)15-23-21(18-7-5-4-6-8-18)19-11-9-17(3)10-12-19/h4-12,16,21,23H,13-15H2,1-3H3,(H,22,24)/t21-/m1/s1. The number of amides is 1. The van der Waals surface area contributed by atoms with E-state index in [-0.39, 0.29) is 11.9 Å². The van der Waals surface area contributed by atoms with Gasteiger partial charge in [-0.3, -0.25) is 10.1 Å². The largest absolute Gasteiger partial charge is 0.355 e. The number of carbonyl (C=O) groups is 1. The maximum Gasteiger partial charge on any atom is 0.233 e. The first-order valence-corrected chi connectivity index (χ1v) is 8.68. The van der Waals surface area contributed by atoms with Gasteiger partial charge in [0.1, 0.15) is 0 Å². The summed E-state index contributed by atoms with van der Waals surface area (Å²) in [5.74, 6) is 0.645. The molecule has 0 aromatic heterocycles. The minimum atomic E-state index is 0.0163.